The maximum Gasteiger partial charge on any atom is 0.283 e. The van der Waals surface area contributed by atoms with Crippen LogP contribution >= 0.6 is 11.6 Å². The van der Waals surface area contributed by atoms with Gasteiger partial charge < -0.3 is 10.6 Å². The maximum atomic E-state index is 13.4. The van der Waals surface area contributed by atoms with Gasteiger partial charge in [0.25, 0.3) is 12.0 Å². The molecule has 0 saturated carbocycles. The number of hydrogen-bond donors (Lipinski definition) is 2. The molecule has 4 aromatic rings. The predicted molar refractivity (Wildman–Crippen MR) is 148 cm³/mol. The molecule has 13 heteroatoms. The summed E-state index contributed by atoms with van der Waals surface area (Å²) in [5.41, 5.74) is 1.28. The minimum Gasteiger partial charge on any atom is -0.350 e. The number of nitrogens with one attached hydrogen (secondary N) is 2. The molecule has 2 unspecified atom stereocenters. The third kappa shape index (κ3) is 6.17. The molecule has 1 aliphatic rings. The van der Waals surface area contributed by atoms with Crippen molar-refractivity contribution in [2.45, 2.75) is 45.2 Å². The lowest BCUT2D eigenvalue weighted by molar-refractivity contribution is -0.124. The van der Waals surface area contributed by atoms with Gasteiger partial charge in [-0.25, -0.2) is 18.4 Å². The molecule has 2 amide bonds. The molecule has 2 atom stereocenters. The average molecular weight is 582 g/mol. The molecule has 0 bridgehead atoms. The zero-order chi connectivity index (χ0) is 29.1. The van der Waals surface area contributed by atoms with Crippen LogP contribution in [0.5, 0.6) is 0 Å². The van der Waals surface area contributed by atoms with Crippen molar-refractivity contribution in [1.82, 2.24) is 29.9 Å². The minimum absolute atomic E-state index is 0.116. The minimum atomic E-state index is -2.80. The molecule has 10 nitrogen and oxygen atoms in total. The van der Waals surface area contributed by atoms with E-state index in [4.69, 9.17) is 11.6 Å². The standard InChI is InChI=1S/C28H26ClF2N7O3/c1-16-5-4-8-24(28(41)32-13-17-6-2-3-7-20(17)34-27(16)40)37-15-33-21(12-25(37)39)19-11-18(29)9-10-23(19)38-14-22(26(30)31)35-36-38/h2-3,6-7,9-12,14-16,24,26H,4-5,8,13H2,1H3,(H,32,41)(H,34,40). The Kier molecular flexibility index (Phi) is 8.20. The van der Waals surface area contributed by atoms with Crippen molar-refractivity contribution < 1.29 is 18.4 Å². The fourth-order valence-corrected chi connectivity index (χ4v) is 4.87. The van der Waals surface area contributed by atoms with Gasteiger partial charge in [-0.05, 0) is 42.7 Å². The average Bonchev–Trinajstić information content (AvgIpc) is 3.45. The lowest BCUT2D eigenvalue weighted by atomic mass is 9.99. The van der Waals surface area contributed by atoms with Crippen LogP contribution in [-0.4, -0.2) is 36.4 Å². The SMILES string of the molecule is CC1CCCC(n2cnc(-c3cc(Cl)ccc3-n3cc(C(F)F)nn3)cc2=O)C(=O)NCc2ccccc2NC1=O. The van der Waals surface area contributed by atoms with Gasteiger partial charge >= 0.3 is 0 Å². The van der Waals surface area contributed by atoms with E-state index in [0.717, 1.165) is 16.4 Å². The van der Waals surface area contributed by atoms with Gasteiger partial charge in [0, 0.05) is 34.8 Å². The van der Waals surface area contributed by atoms with Crippen molar-refractivity contribution in [3.8, 4) is 16.9 Å². The fourth-order valence-electron chi connectivity index (χ4n) is 4.70. The molecule has 0 aliphatic carbocycles. The number of carbonyl (C=O) groups is 2. The summed E-state index contributed by atoms with van der Waals surface area (Å²) in [6.07, 6.45) is 0.915. The normalized spacial score (nSPS) is 18.2. The first-order valence-electron chi connectivity index (χ1n) is 13.0. The van der Waals surface area contributed by atoms with Crippen molar-refractivity contribution in [2.75, 3.05) is 5.32 Å². The number of halogens is 3. The molecular weight excluding hydrogens is 556 g/mol. The zero-order valence-corrected chi connectivity index (χ0v) is 22.7. The lowest BCUT2D eigenvalue weighted by Gasteiger charge is -2.22. The monoisotopic (exact) mass is 581 g/mol. The first-order chi connectivity index (χ1) is 19.7. The maximum absolute atomic E-state index is 13.4. The summed E-state index contributed by atoms with van der Waals surface area (Å²) < 4.78 is 28.6. The van der Waals surface area contributed by atoms with E-state index in [1.54, 1.807) is 30.3 Å². The molecule has 0 spiro atoms. The molecule has 0 radical (unpaired) electrons. The van der Waals surface area contributed by atoms with Crippen LogP contribution in [0.15, 0.2) is 65.8 Å². The summed E-state index contributed by atoms with van der Waals surface area (Å²) >= 11 is 6.21. The number of para-hydroxylation sites is 1. The van der Waals surface area contributed by atoms with E-state index in [2.05, 4.69) is 25.9 Å². The Hall–Kier alpha value is -4.45. The van der Waals surface area contributed by atoms with Gasteiger partial charge in [0.1, 0.15) is 11.7 Å². The Morgan fingerprint density at radius 2 is 1.85 bits per heavy atom. The number of rotatable bonds is 4. The Morgan fingerprint density at radius 1 is 1.05 bits per heavy atom. The quantitative estimate of drug-likeness (QED) is 0.360. The summed E-state index contributed by atoms with van der Waals surface area (Å²) in [4.78, 5) is 43.9. The molecule has 2 aromatic carbocycles. The number of carbonyl (C=O) groups excluding carboxylic acids is 2. The van der Waals surface area contributed by atoms with Crippen molar-refractivity contribution in [3.63, 3.8) is 0 Å². The number of nitrogens with zero attached hydrogens (tertiary/aromatic N) is 5. The van der Waals surface area contributed by atoms with Crippen molar-refractivity contribution in [2.24, 2.45) is 5.92 Å². The van der Waals surface area contributed by atoms with Crippen LogP contribution in [0, 0.1) is 5.92 Å². The van der Waals surface area contributed by atoms with Crippen LogP contribution in [0.1, 0.15) is 49.9 Å². The topological polar surface area (TPSA) is 124 Å². The Bertz CT molecular complexity index is 1660. The smallest absolute Gasteiger partial charge is 0.283 e. The first-order valence-corrected chi connectivity index (χ1v) is 13.3. The highest BCUT2D eigenvalue weighted by Crippen LogP contribution is 2.29. The van der Waals surface area contributed by atoms with Gasteiger partial charge in [-0.2, -0.15) is 0 Å². The summed E-state index contributed by atoms with van der Waals surface area (Å²) in [6.45, 7) is 1.98. The number of benzene rings is 2. The highest BCUT2D eigenvalue weighted by atomic mass is 35.5. The summed E-state index contributed by atoms with van der Waals surface area (Å²) in [7, 11) is 0. The first kappa shape index (κ1) is 28.1. The number of aromatic nitrogens is 5. The van der Waals surface area contributed by atoms with E-state index in [0.29, 0.717) is 41.2 Å². The Balaban J connectivity index is 1.47. The molecule has 5 rings (SSSR count). The summed E-state index contributed by atoms with van der Waals surface area (Å²) in [6, 6.07) is 12.3. The largest absolute Gasteiger partial charge is 0.350 e. The van der Waals surface area contributed by atoms with Crippen molar-refractivity contribution in [3.05, 3.63) is 87.7 Å². The molecule has 1 aliphatic heterocycles. The number of alkyl halides is 2. The molecule has 212 valence electrons. The van der Waals surface area contributed by atoms with Crippen LogP contribution in [0.2, 0.25) is 5.02 Å². The van der Waals surface area contributed by atoms with Crippen molar-refractivity contribution >= 4 is 29.1 Å². The van der Waals surface area contributed by atoms with Crippen LogP contribution in [0.25, 0.3) is 16.9 Å². The van der Waals surface area contributed by atoms with Gasteiger partial charge in [0.15, 0.2) is 0 Å². The van der Waals surface area contributed by atoms with E-state index in [1.165, 1.54) is 17.0 Å². The number of anilines is 1. The molecule has 0 fully saturated rings. The molecular formula is C28H26ClF2N7O3. The second kappa shape index (κ2) is 12.0. The van der Waals surface area contributed by atoms with Gasteiger partial charge in [0.2, 0.25) is 11.8 Å². The van der Waals surface area contributed by atoms with Crippen LogP contribution in [-0.2, 0) is 16.1 Å². The Morgan fingerprint density at radius 3 is 2.61 bits per heavy atom. The zero-order valence-electron chi connectivity index (χ0n) is 21.9. The molecule has 0 saturated heterocycles. The van der Waals surface area contributed by atoms with Gasteiger partial charge in [-0.3, -0.25) is 19.0 Å². The Labute approximate surface area is 238 Å². The number of amides is 2. The molecule has 3 heterocycles. The summed E-state index contributed by atoms with van der Waals surface area (Å²) in [5, 5.41) is 13.4. The molecule has 2 aromatic heterocycles. The van der Waals surface area contributed by atoms with E-state index in [1.807, 2.05) is 19.1 Å². The third-order valence-corrected chi connectivity index (χ3v) is 7.22. The highest BCUT2D eigenvalue weighted by molar-refractivity contribution is 6.31. The second-order valence-corrected chi connectivity index (χ2v) is 10.2. The third-order valence-electron chi connectivity index (χ3n) is 6.98. The second-order valence-electron chi connectivity index (χ2n) is 9.78. The summed E-state index contributed by atoms with van der Waals surface area (Å²) in [5.74, 6) is -0.775. The van der Waals surface area contributed by atoms with Crippen LogP contribution in [0.3, 0.4) is 0 Å². The van der Waals surface area contributed by atoms with Crippen LogP contribution < -0.4 is 16.2 Å². The van der Waals surface area contributed by atoms with Gasteiger partial charge in [-0.1, -0.05) is 48.4 Å². The van der Waals surface area contributed by atoms with E-state index >= 15 is 0 Å². The molecule has 41 heavy (non-hydrogen) atoms. The van der Waals surface area contributed by atoms with E-state index in [-0.39, 0.29) is 30.0 Å². The van der Waals surface area contributed by atoms with Crippen molar-refractivity contribution in [1.29, 1.82) is 0 Å². The highest BCUT2D eigenvalue weighted by Gasteiger charge is 2.25. The molecule has 2 N–H and O–H groups in total. The van der Waals surface area contributed by atoms with Crippen LogP contribution in [0.4, 0.5) is 14.5 Å². The predicted octanol–water partition coefficient (Wildman–Crippen LogP) is 4.70. The van der Waals surface area contributed by atoms with E-state index < -0.39 is 23.7 Å². The lowest BCUT2D eigenvalue weighted by Crippen LogP contribution is -2.37. The number of hydrogen-bond acceptors (Lipinski definition) is 6. The fraction of sp³-hybridized carbons (Fsp3) is 0.286. The van der Waals surface area contributed by atoms with Gasteiger partial charge in [-0.15, -0.1) is 5.10 Å². The van der Waals surface area contributed by atoms with E-state index in [9.17, 15) is 23.2 Å². The van der Waals surface area contributed by atoms with Gasteiger partial charge in [0.05, 0.1) is 23.9 Å². The number of fused-ring (bicyclic) bond motifs is 1.